The van der Waals surface area contributed by atoms with Crippen molar-refractivity contribution in [3.8, 4) is 11.2 Å². The zero-order valence-corrected chi connectivity index (χ0v) is 8.08. The first kappa shape index (κ1) is 9.85. The molecule has 1 N–H and O–H groups in total. The monoisotopic (exact) mass is 207 g/mol. The summed E-state index contributed by atoms with van der Waals surface area (Å²) in [5, 5.41) is 5.17. The van der Waals surface area contributed by atoms with Gasteiger partial charge in [0.1, 0.15) is 0 Å². The first-order valence-electron chi connectivity index (χ1n) is 3.75. The molecule has 1 fully saturated rings. The van der Waals surface area contributed by atoms with Gasteiger partial charge in [-0.2, -0.15) is 8.42 Å². The highest BCUT2D eigenvalue weighted by Gasteiger charge is 2.10. The minimum absolute atomic E-state index is 0.132. The molecule has 1 atom stereocenters. The summed E-state index contributed by atoms with van der Waals surface area (Å²) in [5.74, 6) is 2.76. The van der Waals surface area contributed by atoms with E-state index >= 15 is 0 Å². The quantitative estimate of drug-likeness (QED) is 0.465. The Morgan fingerprint density at radius 2 is 2.25 bits per heavy atom. The molecule has 1 heterocycles. The maximum Gasteiger partial charge on any atom is 0.300 e. The van der Waals surface area contributed by atoms with Gasteiger partial charge in [-0.05, 0) is 19.4 Å². The maximum atomic E-state index is 10.4. The van der Waals surface area contributed by atoms with E-state index in [9.17, 15) is 8.42 Å². The smallest absolute Gasteiger partial charge is 0.300 e. The largest absolute Gasteiger partial charge is 0.316 e. The molecule has 1 saturated heterocycles. The molecule has 1 aliphatic heterocycles. The maximum absolute atomic E-state index is 10.4. The van der Waals surface area contributed by atoms with Gasteiger partial charge in [-0.15, -0.1) is 0 Å². The van der Waals surface area contributed by atoms with Crippen LogP contribution >= 0.6 is 10.7 Å². The number of nitrogens with one attached hydrogen (secondary N) is 1. The number of hydrogen-bond acceptors (Lipinski definition) is 3. The van der Waals surface area contributed by atoms with Crippen LogP contribution in [0.3, 0.4) is 0 Å². The van der Waals surface area contributed by atoms with Gasteiger partial charge in [0.25, 0.3) is 0 Å². The summed E-state index contributed by atoms with van der Waals surface area (Å²) in [5.41, 5.74) is 0. The molecule has 5 heteroatoms. The van der Waals surface area contributed by atoms with Crippen molar-refractivity contribution < 1.29 is 8.42 Å². The highest BCUT2D eigenvalue weighted by molar-refractivity contribution is 8.17. The second-order valence-corrected chi connectivity index (χ2v) is 5.03. The fourth-order valence-corrected chi connectivity index (χ4v) is 1.57. The van der Waals surface area contributed by atoms with Crippen LogP contribution in [0.4, 0.5) is 0 Å². The molecule has 12 heavy (non-hydrogen) atoms. The molecule has 0 aromatic heterocycles. The molecule has 68 valence electrons. The summed E-state index contributed by atoms with van der Waals surface area (Å²) in [6.45, 7) is 1.76. The van der Waals surface area contributed by atoms with E-state index in [2.05, 4.69) is 11.2 Å². The van der Waals surface area contributed by atoms with Crippen LogP contribution in [0.1, 0.15) is 12.8 Å². The Bertz CT molecular complexity index is 295. The van der Waals surface area contributed by atoms with Gasteiger partial charge in [0.2, 0.25) is 0 Å². The lowest BCUT2D eigenvalue weighted by atomic mass is 10.0. The Kier molecular flexibility index (Phi) is 3.39. The second-order valence-electron chi connectivity index (χ2n) is 2.73. The predicted molar refractivity (Wildman–Crippen MR) is 48.1 cm³/mol. The second kappa shape index (κ2) is 4.13. The molecule has 0 saturated carbocycles. The third-order valence-electron chi connectivity index (χ3n) is 1.68. The van der Waals surface area contributed by atoms with Crippen molar-refractivity contribution in [1.82, 2.24) is 5.32 Å². The van der Waals surface area contributed by atoms with E-state index in [0.717, 1.165) is 25.9 Å². The average Bonchev–Trinajstić information content (AvgIpc) is 2.02. The van der Waals surface area contributed by atoms with Crippen LogP contribution in [0.15, 0.2) is 0 Å². The van der Waals surface area contributed by atoms with E-state index in [-0.39, 0.29) is 5.92 Å². The summed E-state index contributed by atoms with van der Waals surface area (Å²) in [7, 11) is 1.29. The predicted octanol–water partition coefficient (Wildman–Crippen LogP) is 0.516. The van der Waals surface area contributed by atoms with E-state index in [1.54, 1.807) is 0 Å². The summed E-state index contributed by atoms with van der Waals surface area (Å²) in [4.78, 5) is 0. The zero-order chi connectivity index (χ0) is 9.03. The van der Waals surface area contributed by atoms with Gasteiger partial charge in [-0.25, -0.2) is 0 Å². The minimum Gasteiger partial charge on any atom is -0.316 e. The van der Waals surface area contributed by atoms with Crippen LogP contribution in [0.5, 0.6) is 0 Å². The number of piperidine rings is 1. The van der Waals surface area contributed by atoms with Crippen LogP contribution in [0.2, 0.25) is 0 Å². The van der Waals surface area contributed by atoms with E-state index < -0.39 is 9.05 Å². The molecule has 1 unspecified atom stereocenters. The highest BCUT2D eigenvalue weighted by Crippen LogP contribution is 2.08. The SMILES string of the molecule is O=S(=O)(Cl)C#CC1CCCNC1. The van der Waals surface area contributed by atoms with E-state index in [1.807, 2.05) is 5.25 Å². The Morgan fingerprint density at radius 3 is 2.75 bits per heavy atom. The minimum atomic E-state index is -3.64. The number of rotatable bonds is 0. The third-order valence-corrected chi connectivity index (χ3v) is 2.27. The van der Waals surface area contributed by atoms with Gasteiger partial charge in [0.05, 0.1) is 0 Å². The lowest BCUT2D eigenvalue weighted by Gasteiger charge is -2.16. The van der Waals surface area contributed by atoms with Gasteiger partial charge >= 0.3 is 9.05 Å². The molecule has 0 radical (unpaired) electrons. The van der Waals surface area contributed by atoms with Crippen LogP contribution in [-0.4, -0.2) is 21.5 Å². The first-order valence-corrected chi connectivity index (χ1v) is 6.06. The van der Waals surface area contributed by atoms with Crippen LogP contribution in [0, 0.1) is 17.1 Å². The summed E-state index contributed by atoms with van der Waals surface area (Å²) >= 11 is 0. The van der Waals surface area contributed by atoms with Gasteiger partial charge in [0, 0.05) is 28.4 Å². The lowest BCUT2D eigenvalue weighted by Crippen LogP contribution is -2.28. The molecular weight excluding hydrogens is 198 g/mol. The molecule has 0 aromatic rings. The van der Waals surface area contributed by atoms with Crippen LogP contribution in [0.25, 0.3) is 0 Å². The first-order chi connectivity index (χ1) is 5.58. The normalized spacial score (nSPS) is 24.2. The molecule has 0 aliphatic carbocycles. The van der Waals surface area contributed by atoms with E-state index in [0.29, 0.717) is 0 Å². The van der Waals surface area contributed by atoms with Crippen molar-refractivity contribution in [2.75, 3.05) is 13.1 Å². The van der Waals surface area contributed by atoms with Gasteiger partial charge in [0.15, 0.2) is 0 Å². The Balaban J connectivity index is 2.53. The number of hydrogen-bond donors (Lipinski definition) is 1. The summed E-state index contributed by atoms with van der Waals surface area (Å²) in [6.07, 6.45) is 1.99. The Labute approximate surface area is 76.9 Å². The topological polar surface area (TPSA) is 46.2 Å². The molecule has 0 spiro atoms. The van der Waals surface area contributed by atoms with Gasteiger partial charge in [-0.1, -0.05) is 5.92 Å². The third kappa shape index (κ3) is 3.96. The summed E-state index contributed by atoms with van der Waals surface area (Å²) < 4.78 is 20.9. The van der Waals surface area contributed by atoms with Crippen molar-refractivity contribution in [2.45, 2.75) is 12.8 Å². The van der Waals surface area contributed by atoms with Crippen molar-refractivity contribution in [3.63, 3.8) is 0 Å². The average molecular weight is 208 g/mol. The molecule has 0 bridgehead atoms. The van der Waals surface area contributed by atoms with E-state index in [4.69, 9.17) is 10.7 Å². The van der Waals surface area contributed by atoms with Crippen molar-refractivity contribution >= 4 is 19.7 Å². The van der Waals surface area contributed by atoms with E-state index in [1.165, 1.54) is 0 Å². The van der Waals surface area contributed by atoms with Crippen molar-refractivity contribution in [3.05, 3.63) is 0 Å². The molecule has 0 aromatic carbocycles. The highest BCUT2D eigenvalue weighted by atomic mass is 35.7. The van der Waals surface area contributed by atoms with Gasteiger partial charge in [-0.3, -0.25) is 0 Å². The van der Waals surface area contributed by atoms with Crippen LogP contribution in [-0.2, 0) is 9.05 Å². The van der Waals surface area contributed by atoms with Crippen molar-refractivity contribution in [2.24, 2.45) is 5.92 Å². The van der Waals surface area contributed by atoms with Gasteiger partial charge < -0.3 is 5.32 Å². The zero-order valence-electron chi connectivity index (χ0n) is 6.51. The fourth-order valence-electron chi connectivity index (χ4n) is 1.13. The Morgan fingerprint density at radius 1 is 1.50 bits per heavy atom. The molecule has 3 nitrogen and oxygen atoms in total. The van der Waals surface area contributed by atoms with Crippen molar-refractivity contribution in [1.29, 1.82) is 0 Å². The van der Waals surface area contributed by atoms with Crippen LogP contribution < -0.4 is 5.32 Å². The molecule has 1 aliphatic rings. The standard InChI is InChI=1S/C7H10ClNO2S/c8-12(10,11)5-3-7-2-1-4-9-6-7/h7,9H,1-2,4,6H2. The molecule has 1 rings (SSSR count). The Hall–Kier alpha value is -0.240. The summed E-state index contributed by atoms with van der Waals surface area (Å²) in [6, 6.07) is 0. The molecular formula is C7H10ClNO2S. The lowest BCUT2D eigenvalue weighted by molar-refractivity contribution is 0.449. The molecule has 0 amide bonds. The fraction of sp³-hybridized carbons (Fsp3) is 0.714. The number of halogens is 1.